The first-order valence-electron chi connectivity index (χ1n) is 4.80. The molecule has 0 spiro atoms. The Balaban J connectivity index is 2.92. The molecule has 0 aliphatic carbocycles. The highest BCUT2D eigenvalue weighted by Gasteiger charge is 2.02. The average molecular weight is 208 g/mol. The summed E-state index contributed by atoms with van der Waals surface area (Å²) in [5.41, 5.74) is 0.596. The normalized spacial score (nSPS) is 9.27. The van der Waals surface area contributed by atoms with Gasteiger partial charge in [0.2, 0.25) is 0 Å². The van der Waals surface area contributed by atoms with Crippen molar-refractivity contribution >= 4 is 0 Å². The zero-order valence-corrected chi connectivity index (χ0v) is 8.59. The highest BCUT2D eigenvalue weighted by atomic mass is 19.1. The van der Waals surface area contributed by atoms with Crippen LogP contribution in [-0.4, -0.2) is 18.3 Å². The molecule has 0 radical (unpaired) electrons. The molecule has 0 aromatic heterocycles. The average Bonchev–Trinajstić information content (AvgIpc) is 2.25. The van der Waals surface area contributed by atoms with Gasteiger partial charge >= 0.3 is 0 Å². The van der Waals surface area contributed by atoms with Crippen LogP contribution in [0, 0.1) is 17.7 Å². The smallest absolute Gasteiger partial charge is 0.137 e. The van der Waals surface area contributed by atoms with Gasteiger partial charge in [-0.2, -0.15) is 0 Å². The molecule has 0 saturated heterocycles. The molecule has 3 heteroatoms. The quantitative estimate of drug-likeness (QED) is 0.769. The molecule has 0 heterocycles. The molecular formula is C12H13FO2. The van der Waals surface area contributed by atoms with E-state index >= 15 is 0 Å². The lowest BCUT2D eigenvalue weighted by molar-refractivity contribution is 0.315. The minimum Gasteiger partial charge on any atom is -0.492 e. The lowest BCUT2D eigenvalue weighted by Gasteiger charge is -2.06. The van der Waals surface area contributed by atoms with Crippen LogP contribution in [-0.2, 0) is 0 Å². The topological polar surface area (TPSA) is 29.5 Å². The van der Waals surface area contributed by atoms with Gasteiger partial charge in [0, 0.05) is 6.07 Å². The number of benzene rings is 1. The fraction of sp³-hybridized carbons (Fsp3) is 0.333. The molecule has 0 saturated carbocycles. The van der Waals surface area contributed by atoms with Crippen LogP contribution in [0.15, 0.2) is 18.2 Å². The van der Waals surface area contributed by atoms with Crippen molar-refractivity contribution in [3.63, 3.8) is 0 Å². The minimum absolute atomic E-state index is 0.218. The summed E-state index contributed by atoms with van der Waals surface area (Å²) in [4.78, 5) is 0. The molecule has 1 aromatic rings. The molecule has 15 heavy (non-hydrogen) atoms. The molecule has 80 valence electrons. The third kappa shape index (κ3) is 3.61. The molecule has 2 nitrogen and oxygen atoms in total. The van der Waals surface area contributed by atoms with Crippen LogP contribution in [0.25, 0.3) is 0 Å². The van der Waals surface area contributed by atoms with Gasteiger partial charge in [-0.05, 0) is 18.6 Å². The zero-order chi connectivity index (χ0) is 11.1. The van der Waals surface area contributed by atoms with Crippen LogP contribution in [0.2, 0.25) is 0 Å². The molecular weight excluding hydrogens is 195 g/mol. The Kier molecular flexibility index (Phi) is 4.65. The molecule has 0 amide bonds. The number of hydrogen-bond acceptors (Lipinski definition) is 2. The SMILES string of the molecule is CCCOc1cc(F)ccc1C#CCO. The third-order valence-corrected chi connectivity index (χ3v) is 1.71. The highest BCUT2D eigenvalue weighted by Crippen LogP contribution is 2.19. The van der Waals surface area contributed by atoms with Crippen LogP contribution in [0.4, 0.5) is 4.39 Å². The Morgan fingerprint density at radius 3 is 2.93 bits per heavy atom. The second-order valence-electron chi connectivity index (χ2n) is 2.95. The highest BCUT2D eigenvalue weighted by molar-refractivity contribution is 5.46. The Morgan fingerprint density at radius 2 is 2.27 bits per heavy atom. The van der Waals surface area contributed by atoms with E-state index in [1.807, 2.05) is 6.92 Å². The molecule has 1 aromatic carbocycles. The maximum absolute atomic E-state index is 12.9. The number of hydrogen-bond donors (Lipinski definition) is 1. The Labute approximate surface area is 88.7 Å². The Hall–Kier alpha value is -1.53. The first-order chi connectivity index (χ1) is 7.27. The molecule has 0 unspecified atom stereocenters. The van der Waals surface area contributed by atoms with Crippen LogP contribution >= 0.6 is 0 Å². The number of aliphatic hydroxyl groups excluding tert-OH is 1. The second kappa shape index (κ2) is 6.05. The van der Waals surface area contributed by atoms with E-state index in [0.29, 0.717) is 17.9 Å². The minimum atomic E-state index is -0.351. The molecule has 0 atom stereocenters. The zero-order valence-electron chi connectivity index (χ0n) is 8.59. The van der Waals surface area contributed by atoms with E-state index < -0.39 is 0 Å². The van der Waals surface area contributed by atoms with E-state index in [9.17, 15) is 4.39 Å². The molecule has 1 N–H and O–H groups in total. The second-order valence-corrected chi connectivity index (χ2v) is 2.95. The molecule has 0 fully saturated rings. The number of aliphatic hydroxyl groups is 1. The molecule has 1 rings (SSSR count). The first kappa shape index (κ1) is 11.5. The van der Waals surface area contributed by atoms with E-state index in [2.05, 4.69) is 11.8 Å². The van der Waals surface area contributed by atoms with Gasteiger partial charge in [-0.3, -0.25) is 0 Å². The van der Waals surface area contributed by atoms with Gasteiger partial charge in [0.1, 0.15) is 18.2 Å². The van der Waals surface area contributed by atoms with Crippen molar-refractivity contribution in [1.82, 2.24) is 0 Å². The van der Waals surface area contributed by atoms with E-state index in [0.717, 1.165) is 6.42 Å². The summed E-state index contributed by atoms with van der Waals surface area (Å²) < 4.78 is 18.3. The first-order valence-corrected chi connectivity index (χ1v) is 4.80. The fourth-order valence-corrected chi connectivity index (χ4v) is 1.07. The van der Waals surface area contributed by atoms with Gasteiger partial charge in [0.15, 0.2) is 0 Å². The summed E-state index contributed by atoms with van der Waals surface area (Å²) in [7, 11) is 0. The van der Waals surface area contributed by atoms with Gasteiger partial charge in [-0.1, -0.05) is 18.8 Å². The molecule has 0 aliphatic rings. The Bertz CT molecular complexity index is 377. The van der Waals surface area contributed by atoms with Crippen molar-refractivity contribution in [3.05, 3.63) is 29.6 Å². The van der Waals surface area contributed by atoms with Gasteiger partial charge in [0.25, 0.3) is 0 Å². The van der Waals surface area contributed by atoms with Gasteiger partial charge in [-0.25, -0.2) is 4.39 Å². The predicted octanol–water partition coefficient (Wildman–Crippen LogP) is 1.96. The standard InChI is InChI=1S/C12H13FO2/c1-2-8-15-12-9-11(13)6-5-10(12)4-3-7-14/h5-6,9,14H,2,7-8H2,1H3. The summed E-state index contributed by atoms with van der Waals surface area (Å²) in [6.07, 6.45) is 0.851. The van der Waals surface area contributed by atoms with Crippen molar-refractivity contribution < 1.29 is 14.2 Å². The van der Waals surface area contributed by atoms with E-state index in [1.165, 1.54) is 12.1 Å². The van der Waals surface area contributed by atoms with Crippen LogP contribution < -0.4 is 4.74 Å². The van der Waals surface area contributed by atoms with Crippen LogP contribution in [0.3, 0.4) is 0 Å². The lowest BCUT2D eigenvalue weighted by Crippen LogP contribution is -1.97. The van der Waals surface area contributed by atoms with Crippen molar-refractivity contribution in [2.75, 3.05) is 13.2 Å². The lowest BCUT2D eigenvalue weighted by atomic mass is 10.2. The summed E-state index contributed by atoms with van der Waals surface area (Å²) in [6, 6.07) is 4.17. The largest absolute Gasteiger partial charge is 0.492 e. The number of rotatable bonds is 3. The monoisotopic (exact) mass is 208 g/mol. The molecule has 0 aliphatic heterocycles. The Morgan fingerprint density at radius 1 is 1.47 bits per heavy atom. The van der Waals surface area contributed by atoms with Crippen molar-refractivity contribution in [2.45, 2.75) is 13.3 Å². The maximum Gasteiger partial charge on any atom is 0.137 e. The fourth-order valence-electron chi connectivity index (χ4n) is 1.07. The summed E-state index contributed by atoms with van der Waals surface area (Å²) in [6.45, 7) is 2.28. The summed E-state index contributed by atoms with van der Waals surface area (Å²) in [5.74, 6) is 5.29. The maximum atomic E-state index is 12.9. The summed E-state index contributed by atoms with van der Waals surface area (Å²) >= 11 is 0. The van der Waals surface area contributed by atoms with Gasteiger partial charge in [-0.15, -0.1) is 0 Å². The van der Waals surface area contributed by atoms with Crippen molar-refractivity contribution in [1.29, 1.82) is 0 Å². The third-order valence-electron chi connectivity index (χ3n) is 1.71. The van der Waals surface area contributed by atoms with Gasteiger partial charge < -0.3 is 9.84 Å². The molecule has 0 bridgehead atoms. The predicted molar refractivity (Wildman–Crippen MR) is 56.1 cm³/mol. The van der Waals surface area contributed by atoms with Crippen LogP contribution in [0.1, 0.15) is 18.9 Å². The number of ether oxygens (including phenoxy) is 1. The van der Waals surface area contributed by atoms with E-state index in [4.69, 9.17) is 9.84 Å². The summed E-state index contributed by atoms with van der Waals surface area (Å²) in [5, 5.41) is 8.56. The van der Waals surface area contributed by atoms with Crippen LogP contribution in [0.5, 0.6) is 5.75 Å². The van der Waals surface area contributed by atoms with Crippen molar-refractivity contribution in [3.8, 4) is 17.6 Å². The van der Waals surface area contributed by atoms with E-state index in [-0.39, 0.29) is 12.4 Å². The van der Waals surface area contributed by atoms with Crippen molar-refractivity contribution in [2.24, 2.45) is 0 Å². The number of halogens is 1. The van der Waals surface area contributed by atoms with E-state index in [1.54, 1.807) is 6.07 Å². The van der Waals surface area contributed by atoms with Gasteiger partial charge in [0.05, 0.1) is 12.2 Å².